The second-order valence-electron chi connectivity index (χ2n) is 5.62. The van der Waals surface area contributed by atoms with Crippen LogP contribution >= 0.6 is 0 Å². The molecule has 0 saturated heterocycles. The SMILES string of the molecule is O=C(CCS(=O)(=O)c1ccc2c(c1)OCC(=O)N2)Nc1ccc(F)cc1. The van der Waals surface area contributed by atoms with Crippen molar-refractivity contribution in [2.45, 2.75) is 11.3 Å². The van der Waals surface area contributed by atoms with Gasteiger partial charge in [-0.3, -0.25) is 9.59 Å². The normalized spacial score (nSPS) is 13.3. The minimum atomic E-state index is -3.71. The van der Waals surface area contributed by atoms with Crippen LogP contribution in [0, 0.1) is 5.82 Å². The Bertz CT molecular complexity index is 958. The molecule has 2 N–H and O–H groups in total. The van der Waals surface area contributed by atoms with Crippen molar-refractivity contribution in [3.05, 3.63) is 48.3 Å². The van der Waals surface area contributed by atoms with Crippen LogP contribution in [0.1, 0.15) is 6.42 Å². The van der Waals surface area contributed by atoms with Crippen molar-refractivity contribution < 1.29 is 27.1 Å². The molecule has 2 amide bonds. The Labute approximate surface area is 149 Å². The number of anilines is 2. The number of hydrogen-bond donors (Lipinski definition) is 2. The molecule has 0 aromatic heterocycles. The summed E-state index contributed by atoms with van der Waals surface area (Å²) in [6, 6.07) is 9.27. The van der Waals surface area contributed by atoms with E-state index in [4.69, 9.17) is 4.74 Å². The molecule has 0 atom stereocenters. The Morgan fingerprint density at radius 2 is 1.92 bits per heavy atom. The largest absolute Gasteiger partial charge is 0.482 e. The van der Waals surface area contributed by atoms with Crippen LogP contribution in [-0.4, -0.2) is 32.6 Å². The van der Waals surface area contributed by atoms with Crippen molar-refractivity contribution in [3.63, 3.8) is 0 Å². The highest BCUT2D eigenvalue weighted by Gasteiger charge is 2.21. The van der Waals surface area contributed by atoms with Gasteiger partial charge in [0, 0.05) is 18.2 Å². The molecule has 9 heteroatoms. The second kappa shape index (κ2) is 7.12. The van der Waals surface area contributed by atoms with Gasteiger partial charge in [0.2, 0.25) is 5.91 Å². The number of hydrogen-bond acceptors (Lipinski definition) is 5. The highest BCUT2D eigenvalue weighted by Crippen LogP contribution is 2.30. The third-order valence-corrected chi connectivity index (χ3v) is 5.38. The van der Waals surface area contributed by atoms with E-state index < -0.39 is 27.3 Å². The van der Waals surface area contributed by atoms with Crippen molar-refractivity contribution in [2.24, 2.45) is 0 Å². The number of fused-ring (bicyclic) bond motifs is 1. The molecule has 0 fully saturated rings. The highest BCUT2D eigenvalue weighted by atomic mass is 32.2. The molecule has 7 nitrogen and oxygen atoms in total. The Hall–Kier alpha value is -2.94. The first-order chi connectivity index (χ1) is 12.3. The lowest BCUT2D eigenvalue weighted by molar-refractivity contribution is -0.118. The van der Waals surface area contributed by atoms with Crippen LogP contribution in [-0.2, 0) is 19.4 Å². The average molecular weight is 378 g/mol. The number of benzene rings is 2. The molecule has 0 spiro atoms. The summed E-state index contributed by atoms with van der Waals surface area (Å²) in [5, 5.41) is 5.08. The Morgan fingerprint density at radius 3 is 2.65 bits per heavy atom. The Kier molecular flexibility index (Phi) is 4.90. The molecule has 136 valence electrons. The number of amides is 2. The van der Waals surface area contributed by atoms with Gasteiger partial charge in [0.1, 0.15) is 11.6 Å². The van der Waals surface area contributed by atoms with E-state index in [0.29, 0.717) is 11.4 Å². The van der Waals surface area contributed by atoms with Crippen LogP contribution < -0.4 is 15.4 Å². The number of rotatable bonds is 5. The van der Waals surface area contributed by atoms with Gasteiger partial charge in [0.15, 0.2) is 16.4 Å². The zero-order valence-corrected chi connectivity index (χ0v) is 14.3. The van der Waals surface area contributed by atoms with Crippen LogP contribution in [0.25, 0.3) is 0 Å². The van der Waals surface area contributed by atoms with E-state index in [-0.39, 0.29) is 29.6 Å². The molecule has 0 bridgehead atoms. The Balaban J connectivity index is 1.64. The predicted molar refractivity (Wildman–Crippen MR) is 92.3 cm³/mol. The summed E-state index contributed by atoms with van der Waals surface area (Å²) in [4.78, 5) is 23.1. The van der Waals surface area contributed by atoms with E-state index in [2.05, 4.69) is 10.6 Å². The van der Waals surface area contributed by atoms with Crippen molar-refractivity contribution in [3.8, 4) is 5.75 Å². The summed E-state index contributed by atoms with van der Waals surface area (Å²) in [7, 11) is -3.71. The van der Waals surface area contributed by atoms with Crippen molar-refractivity contribution in [1.82, 2.24) is 0 Å². The maximum Gasteiger partial charge on any atom is 0.262 e. The van der Waals surface area contributed by atoms with Crippen LogP contribution in [0.15, 0.2) is 47.4 Å². The summed E-state index contributed by atoms with van der Waals surface area (Å²) in [6.45, 7) is -0.184. The third-order valence-electron chi connectivity index (χ3n) is 3.67. The minimum absolute atomic E-state index is 0.00183. The molecule has 26 heavy (non-hydrogen) atoms. The molecular formula is C17H15FN2O5S. The van der Waals surface area contributed by atoms with Crippen LogP contribution in [0.2, 0.25) is 0 Å². The average Bonchev–Trinajstić information content (AvgIpc) is 2.61. The monoisotopic (exact) mass is 378 g/mol. The lowest BCUT2D eigenvalue weighted by Crippen LogP contribution is -2.25. The van der Waals surface area contributed by atoms with E-state index in [1.165, 1.54) is 42.5 Å². The number of halogens is 1. The van der Waals surface area contributed by atoms with Gasteiger partial charge in [-0.15, -0.1) is 0 Å². The summed E-state index contributed by atoms with van der Waals surface area (Å²) in [5.41, 5.74) is 0.779. The van der Waals surface area contributed by atoms with Crippen LogP contribution in [0.3, 0.4) is 0 Å². The fourth-order valence-corrected chi connectivity index (χ4v) is 3.60. The molecular weight excluding hydrogens is 363 g/mol. The molecule has 3 rings (SSSR count). The van der Waals surface area contributed by atoms with E-state index in [1.807, 2.05) is 0 Å². The van der Waals surface area contributed by atoms with Crippen molar-refractivity contribution >= 4 is 33.0 Å². The first-order valence-corrected chi connectivity index (χ1v) is 9.33. The third kappa shape index (κ3) is 4.17. The summed E-state index contributed by atoms with van der Waals surface area (Å²) >= 11 is 0. The molecule has 0 aliphatic carbocycles. The predicted octanol–water partition coefficient (Wildman–Crippen LogP) is 1.96. The van der Waals surface area contributed by atoms with Gasteiger partial charge >= 0.3 is 0 Å². The first-order valence-electron chi connectivity index (χ1n) is 7.68. The molecule has 0 unspecified atom stereocenters. The molecule has 1 aliphatic heterocycles. The van der Waals surface area contributed by atoms with E-state index >= 15 is 0 Å². The molecule has 0 radical (unpaired) electrons. The maximum absolute atomic E-state index is 12.8. The standard InChI is InChI=1S/C17H15FN2O5S/c18-11-1-3-12(4-2-11)19-16(21)7-8-26(23,24)13-5-6-14-15(9-13)25-10-17(22)20-14/h1-6,9H,7-8,10H2,(H,19,21)(H,20,22). The second-order valence-corrected chi connectivity index (χ2v) is 7.73. The number of carbonyl (C=O) groups excluding carboxylic acids is 2. The fraction of sp³-hybridized carbons (Fsp3) is 0.176. The maximum atomic E-state index is 12.8. The zero-order chi connectivity index (χ0) is 18.7. The van der Waals surface area contributed by atoms with Crippen LogP contribution in [0.4, 0.5) is 15.8 Å². The smallest absolute Gasteiger partial charge is 0.262 e. The van der Waals surface area contributed by atoms with E-state index in [9.17, 15) is 22.4 Å². The molecule has 0 saturated carbocycles. The van der Waals surface area contributed by atoms with Gasteiger partial charge < -0.3 is 15.4 Å². The number of sulfone groups is 1. The zero-order valence-electron chi connectivity index (χ0n) is 13.5. The van der Waals surface area contributed by atoms with Gasteiger partial charge in [-0.1, -0.05) is 0 Å². The summed E-state index contributed by atoms with van der Waals surface area (Å²) < 4.78 is 42.9. The van der Waals surface area contributed by atoms with Crippen LogP contribution in [0.5, 0.6) is 5.75 Å². The van der Waals surface area contributed by atoms with Gasteiger partial charge in [-0.05, 0) is 36.4 Å². The molecule has 1 aliphatic rings. The lowest BCUT2D eigenvalue weighted by atomic mass is 10.2. The number of ether oxygens (including phenoxy) is 1. The fourth-order valence-electron chi connectivity index (χ4n) is 2.35. The summed E-state index contributed by atoms with van der Waals surface area (Å²) in [5.74, 6) is -1.38. The Morgan fingerprint density at radius 1 is 1.19 bits per heavy atom. The van der Waals surface area contributed by atoms with Gasteiger partial charge in [-0.2, -0.15) is 0 Å². The lowest BCUT2D eigenvalue weighted by Gasteiger charge is -2.18. The summed E-state index contributed by atoms with van der Waals surface area (Å²) in [6.07, 6.45) is -0.256. The van der Waals surface area contributed by atoms with Crippen molar-refractivity contribution in [1.29, 1.82) is 0 Å². The highest BCUT2D eigenvalue weighted by molar-refractivity contribution is 7.91. The van der Waals surface area contributed by atoms with E-state index in [0.717, 1.165) is 0 Å². The van der Waals surface area contributed by atoms with Gasteiger partial charge in [-0.25, -0.2) is 12.8 Å². The number of carbonyl (C=O) groups is 2. The first kappa shape index (κ1) is 17.9. The van der Waals surface area contributed by atoms with E-state index in [1.54, 1.807) is 0 Å². The topological polar surface area (TPSA) is 102 Å². The molecule has 1 heterocycles. The number of nitrogens with one attached hydrogen (secondary N) is 2. The van der Waals surface area contributed by atoms with Gasteiger partial charge in [0.25, 0.3) is 5.91 Å². The molecule has 2 aromatic carbocycles. The van der Waals surface area contributed by atoms with Gasteiger partial charge in [0.05, 0.1) is 16.3 Å². The quantitative estimate of drug-likeness (QED) is 0.828. The molecule has 2 aromatic rings. The van der Waals surface area contributed by atoms with Crippen molar-refractivity contribution in [2.75, 3.05) is 23.0 Å². The minimum Gasteiger partial charge on any atom is -0.482 e.